The maximum atomic E-state index is 13.1. The van der Waals surface area contributed by atoms with Gasteiger partial charge in [-0.05, 0) is 44.0 Å². The van der Waals surface area contributed by atoms with Crippen molar-refractivity contribution in [3.63, 3.8) is 0 Å². The van der Waals surface area contributed by atoms with Gasteiger partial charge in [-0.25, -0.2) is 13.2 Å². The van der Waals surface area contributed by atoms with Crippen LogP contribution in [0.3, 0.4) is 0 Å². The van der Waals surface area contributed by atoms with Gasteiger partial charge in [-0.1, -0.05) is 18.2 Å². The van der Waals surface area contributed by atoms with Crippen LogP contribution in [0, 0.1) is 12.8 Å². The van der Waals surface area contributed by atoms with Gasteiger partial charge >= 0.3 is 6.03 Å². The van der Waals surface area contributed by atoms with Gasteiger partial charge in [0.2, 0.25) is 5.91 Å². The molecule has 0 aliphatic carbocycles. The Kier molecular flexibility index (Phi) is 6.82. The Hall–Kier alpha value is -2.43. The van der Waals surface area contributed by atoms with Crippen LogP contribution < -0.4 is 5.32 Å². The topological polar surface area (TPSA) is 90.0 Å². The molecule has 1 N–H and O–H groups in total. The first-order valence-corrected chi connectivity index (χ1v) is 13.1. The van der Waals surface area contributed by atoms with Gasteiger partial charge < -0.3 is 15.1 Å². The van der Waals surface area contributed by atoms with E-state index in [4.69, 9.17) is 0 Å². The summed E-state index contributed by atoms with van der Waals surface area (Å²) < 4.78 is 27.7. The number of anilines is 1. The highest BCUT2D eigenvalue weighted by Crippen LogP contribution is 2.29. The summed E-state index contributed by atoms with van der Waals surface area (Å²) in [6.07, 6.45) is 1.35. The molecule has 2 aliphatic rings. The number of carbonyl (C=O) groups excluding carboxylic acids is 2. The molecule has 1 unspecified atom stereocenters. The van der Waals surface area contributed by atoms with E-state index in [-0.39, 0.29) is 24.4 Å². The van der Waals surface area contributed by atoms with Crippen molar-refractivity contribution in [2.45, 2.75) is 24.0 Å². The van der Waals surface area contributed by atoms with E-state index in [2.05, 4.69) is 5.32 Å². The monoisotopic (exact) mass is 476 g/mol. The van der Waals surface area contributed by atoms with Crippen molar-refractivity contribution in [2.75, 3.05) is 44.6 Å². The van der Waals surface area contributed by atoms with E-state index in [1.807, 2.05) is 37.3 Å². The molecule has 172 valence electrons. The number of piperazine rings is 1. The van der Waals surface area contributed by atoms with Crippen LogP contribution in [0.1, 0.15) is 17.7 Å². The number of amides is 3. The summed E-state index contributed by atoms with van der Waals surface area (Å²) in [4.78, 5) is 30.0. The molecule has 32 heavy (non-hydrogen) atoms. The molecule has 2 aromatic rings. The van der Waals surface area contributed by atoms with E-state index in [0.717, 1.165) is 10.6 Å². The predicted molar refractivity (Wildman–Crippen MR) is 124 cm³/mol. The summed E-state index contributed by atoms with van der Waals surface area (Å²) in [7, 11) is -3.57. The fourth-order valence-electron chi connectivity index (χ4n) is 4.15. The van der Waals surface area contributed by atoms with E-state index in [0.29, 0.717) is 49.8 Å². The van der Waals surface area contributed by atoms with E-state index >= 15 is 0 Å². The Morgan fingerprint density at radius 3 is 2.31 bits per heavy atom. The lowest BCUT2D eigenvalue weighted by Gasteiger charge is -2.38. The minimum atomic E-state index is -3.57. The molecule has 3 amide bonds. The molecule has 1 aromatic heterocycles. The van der Waals surface area contributed by atoms with Crippen LogP contribution >= 0.6 is 11.3 Å². The van der Waals surface area contributed by atoms with Gasteiger partial charge in [0.15, 0.2) is 0 Å². The third-order valence-electron chi connectivity index (χ3n) is 5.95. The zero-order chi connectivity index (χ0) is 22.7. The number of piperidine rings is 1. The SMILES string of the molecule is Cc1ccc(S(=O)(=O)N2CCCC(C(=O)N3CCN(C(=O)Nc4ccccc4)CC3)C2)s1. The van der Waals surface area contributed by atoms with E-state index in [1.54, 1.807) is 21.9 Å². The van der Waals surface area contributed by atoms with Gasteiger partial charge in [0.25, 0.3) is 10.0 Å². The summed E-state index contributed by atoms with van der Waals surface area (Å²) >= 11 is 1.26. The second-order valence-electron chi connectivity index (χ2n) is 8.18. The van der Waals surface area contributed by atoms with Crippen LogP contribution in [0.15, 0.2) is 46.7 Å². The zero-order valence-electron chi connectivity index (χ0n) is 18.1. The molecule has 8 nitrogen and oxygen atoms in total. The van der Waals surface area contributed by atoms with Gasteiger partial charge in [0, 0.05) is 49.8 Å². The minimum Gasteiger partial charge on any atom is -0.339 e. The van der Waals surface area contributed by atoms with Crippen molar-refractivity contribution in [2.24, 2.45) is 5.92 Å². The van der Waals surface area contributed by atoms with Crippen molar-refractivity contribution < 1.29 is 18.0 Å². The maximum Gasteiger partial charge on any atom is 0.321 e. The molecule has 4 rings (SSSR count). The van der Waals surface area contributed by atoms with E-state index in [1.165, 1.54) is 15.6 Å². The quantitative estimate of drug-likeness (QED) is 0.735. The average molecular weight is 477 g/mol. The number of rotatable bonds is 4. The van der Waals surface area contributed by atoms with E-state index < -0.39 is 10.0 Å². The Labute approximate surface area is 192 Å². The largest absolute Gasteiger partial charge is 0.339 e. The standard InChI is InChI=1S/C22H28N4O4S2/c1-17-9-10-20(31-17)32(29,30)26-11-5-6-18(16-26)21(27)24-12-14-25(15-13-24)22(28)23-19-7-3-2-4-8-19/h2-4,7-10,18H,5-6,11-16H2,1H3,(H,23,28). The number of thiophene rings is 1. The number of hydrogen-bond acceptors (Lipinski definition) is 5. The van der Waals surface area contributed by atoms with Crippen molar-refractivity contribution in [3.05, 3.63) is 47.3 Å². The first kappa shape index (κ1) is 22.8. The lowest BCUT2D eigenvalue weighted by Crippen LogP contribution is -2.54. The molecule has 0 spiro atoms. The van der Waals surface area contributed by atoms with Gasteiger partial charge in [-0.15, -0.1) is 11.3 Å². The normalized spacial score (nSPS) is 20.2. The van der Waals surface area contributed by atoms with Crippen LogP contribution in [0.25, 0.3) is 0 Å². The van der Waals surface area contributed by atoms with Crippen LogP contribution in [0.4, 0.5) is 10.5 Å². The minimum absolute atomic E-state index is 0.0182. The number of nitrogens with zero attached hydrogens (tertiary/aromatic N) is 3. The fourth-order valence-corrected chi connectivity index (χ4v) is 7.11. The van der Waals surface area contributed by atoms with Gasteiger partial charge in [0.05, 0.1) is 5.92 Å². The molecule has 1 atom stereocenters. The Morgan fingerprint density at radius 1 is 0.969 bits per heavy atom. The third kappa shape index (κ3) is 4.97. The summed E-state index contributed by atoms with van der Waals surface area (Å²) in [6.45, 7) is 4.35. The third-order valence-corrected chi connectivity index (χ3v) is 9.28. The smallest absolute Gasteiger partial charge is 0.321 e. The maximum absolute atomic E-state index is 13.1. The second-order valence-corrected chi connectivity index (χ2v) is 11.6. The molecule has 2 aliphatic heterocycles. The molecule has 2 fully saturated rings. The number of benzene rings is 1. The highest BCUT2D eigenvalue weighted by molar-refractivity contribution is 7.91. The van der Waals surface area contributed by atoms with Crippen molar-refractivity contribution >= 4 is 39.0 Å². The molecule has 0 saturated carbocycles. The van der Waals surface area contributed by atoms with Gasteiger partial charge in [-0.3, -0.25) is 4.79 Å². The Morgan fingerprint density at radius 2 is 1.66 bits per heavy atom. The highest BCUT2D eigenvalue weighted by atomic mass is 32.2. The number of nitrogens with one attached hydrogen (secondary N) is 1. The fraction of sp³-hybridized carbons (Fsp3) is 0.455. The lowest BCUT2D eigenvalue weighted by molar-refractivity contribution is -0.138. The number of urea groups is 1. The molecule has 2 saturated heterocycles. The first-order valence-electron chi connectivity index (χ1n) is 10.8. The number of sulfonamides is 1. The Balaban J connectivity index is 1.32. The molecule has 0 bridgehead atoms. The van der Waals surface area contributed by atoms with Gasteiger partial charge in [-0.2, -0.15) is 4.31 Å². The molecular weight excluding hydrogens is 448 g/mol. The molecule has 0 radical (unpaired) electrons. The summed E-state index contributed by atoms with van der Waals surface area (Å²) in [5.41, 5.74) is 0.737. The number of aryl methyl sites for hydroxylation is 1. The average Bonchev–Trinajstić information content (AvgIpc) is 3.26. The van der Waals surface area contributed by atoms with Crippen LogP contribution in [0.2, 0.25) is 0 Å². The van der Waals surface area contributed by atoms with Gasteiger partial charge in [0.1, 0.15) is 4.21 Å². The summed E-state index contributed by atoms with van der Waals surface area (Å²) in [5.74, 6) is -0.361. The van der Waals surface area contributed by atoms with Crippen LogP contribution in [-0.4, -0.2) is 73.7 Å². The predicted octanol–water partition coefficient (Wildman–Crippen LogP) is 2.83. The number of para-hydroxylation sites is 1. The molecule has 1 aromatic carbocycles. The van der Waals surface area contributed by atoms with Crippen LogP contribution in [-0.2, 0) is 14.8 Å². The van der Waals surface area contributed by atoms with Crippen LogP contribution in [0.5, 0.6) is 0 Å². The van der Waals surface area contributed by atoms with Crippen molar-refractivity contribution in [1.29, 1.82) is 0 Å². The summed E-state index contributed by atoms with van der Waals surface area (Å²) in [5, 5.41) is 2.87. The Bertz CT molecular complexity index is 1060. The second kappa shape index (κ2) is 9.60. The molecular formula is C22H28N4O4S2. The van der Waals surface area contributed by atoms with Crippen molar-refractivity contribution in [3.8, 4) is 0 Å². The number of carbonyl (C=O) groups is 2. The zero-order valence-corrected chi connectivity index (χ0v) is 19.7. The van der Waals surface area contributed by atoms with E-state index in [9.17, 15) is 18.0 Å². The molecule has 3 heterocycles. The highest BCUT2D eigenvalue weighted by Gasteiger charge is 2.36. The number of hydrogen-bond donors (Lipinski definition) is 1. The van der Waals surface area contributed by atoms with Crippen molar-refractivity contribution in [1.82, 2.24) is 14.1 Å². The first-order chi connectivity index (χ1) is 15.3. The lowest BCUT2D eigenvalue weighted by atomic mass is 9.98. The summed E-state index contributed by atoms with van der Waals surface area (Å²) in [6, 6.07) is 12.5. The molecule has 10 heteroatoms.